The lowest BCUT2D eigenvalue weighted by atomic mass is 10.1. The molecule has 0 spiro atoms. The second-order valence-electron chi connectivity index (χ2n) is 5.25. The van der Waals surface area contributed by atoms with Gasteiger partial charge in [-0.3, -0.25) is 9.48 Å². The fourth-order valence-electron chi connectivity index (χ4n) is 2.15. The molecule has 1 aliphatic rings. The van der Waals surface area contributed by atoms with E-state index in [1.807, 2.05) is 19.9 Å². The first kappa shape index (κ1) is 15.4. The Morgan fingerprint density at radius 3 is 2.80 bits per heavy atom. The summed E-state index contributed by atoms with van der Waals surface area (Å²) in [5.41, 5.74) is 0.863. The average Bonchev–Trinajstić information content (AvgIpc) is 2.89. The molecular formula is C12H18N2O4S2. The molecule has 2 heterocycles. The normalized spacial score (nSPS) is 21.4. The minimum atomic E-state index is -2.99. The van der Waals surface area contributed by atoms with Crippen molar-refractivity contribution in [2.75, 3.05) is 17.3 Å². The van der Waals surface area contributed by atoms with Crippen molar-refractivity contribution in [1.29, 1.82) is 0 Å². The fourth-order valence-corrected chi connectivity index (χ4v) is 4.64. The highest BCUT2D eigenvalue weighted by atomic mass is 32.2. The van der Waals surface area contributed by atoms with Crippen molar-refractivity contribution in [1.82, 2.24) is 9.78 Å². The highest BCUT2D eigenvalue weighted by Gasteiger charge is 2.31. The fraction of sp³-hybridized carbons (Fsp3) is 0.667. The molecule has 1 N–H and O–H groups in total. The summed E-state index contributed by atoms with van der Waals surface area (Å²) in [7, 11) is -2.99. The first-order chi connectivity index (χ1) is 9.28. The minimum absolute atomic E-state index is 0.0529. The first-order valence-corrected chi connectivity index (χ1v) is 9.23. The van der Waals surface area contributed by atoms with Crippen molar-refractivity contribution in [3.8, 4) is 0 Å². The van der Waals surface area contributed by atoms with Crippen LogP contribution in [0.25, 0.3) is 0 Å². The van der Waals surface area contributed by atoms with Crippen LogP contribution >= 0.6 is 11.8 Å². The van der Waals surface area contributed by atoms with E-state index in [1.54, 1.807) is 4.68 Å². The van der Waals surface area contributed by atoms with Crippen LogP contribution in [-0.2, 0) is 14.6 Å². The van der Waals surface area contributed by atoms with Gasteiger partial charge in [-0.1, -0.05) is 25.6 Å². The summed E-state index contributed by atoms with van der Waals surface area (Å²) < 4.78 is 24.9. The summed E-state index contributed by atoms with van der Waals surface area (Å²) in [6.07, 6.45) is 0.544. The molecule has 0 amide bonds. The van der Waals surface area contributed by atoms with Gasteiger partial charge in [0.1, 0.15) is 0 Å². The summed E-state index contributed by atoms with van der Waals surface area (Å²) in [5, 5.41) is 14.0. The van der Waals surface area contributed by atoms with Crippen LogP contribution in [0.4, 0.5) is 0 Å². The number of rotatable bonds is 5. The van der Waals surface area contributed by atoms with Crippen molar-refractivity contribution < 1.29 is 18.3 Å². The molecule has 0 saturated carbocycles. The van der Waals surface area contributed by atoms with E-state index in [9.17, 15) is 13.2 Å². The van der Waals surface area contributed by atoms with Crippen molar-refractivity contribution in [2.45, 2.75) is 37.3 Å². The second-order valence-corrected chi connectivity index (χ2v) is 8.47. The number of thioether (sulfide) groups is 1. The van der Waals surface area contributed by atoms with Crippen LogP contribution in [0.5, 0.6) is 0 Å². The Morgan fingerprint density at radius 1 is 1.60 bits per heavy atom. The number of carbonyl (C=O) groups is 1. The molecule has 1 aromatic rings. The van der Waals surface area contributed by atoms with E-state index >= 15 is 0 Å². The number of sulfone groups is 1. The molecule has 20 heavy (non-hydrogen) atoms. The molecule has 0 aromatic carbocycles. The number of carboxylic acids is 1. The Bertz CT molecular complexity index is 607. The third-order valence-electron chi connectivity index (χ3n) is 3.21. The zero-order valence-corrected chi connectivity index (χ0v) is 13.1. The number of nitrogens with zero attached hydrogens (tertiary/aromatic N) is 2. The molecule has 1 saturated heterocycles. The Balaban J connectivity index is 2.27. The van der Waals surface area contributed by atoms with Gasteiger partial charge in [0.25, 0.3) is 0 Å². The number of aromatic nitrogens is 2. The van der Waals surface area contributed by atoms with E-state index in [1.165, 1.54) is 11.8 Å². The SMILES string of the molecule is CC(C)c1cc(SCC(=O)O)n(C2CCS(=O)(=O)C2)n1. The maximum absolute atomic E-state index is 11.6. The van der Waals surface area contributed by atoms with Gasteiger partial charge in [-0.15, -0.1) is 0 Å². The molecule has 1 unspecified atom stereocenters. The van der Waals surface area contributed by atoms with Crippen LogP contribution in [0.3, 0.4) is 0 Å². The van der Waals surface area contributed by atoms with Gasteiger partial charge in [0, 0.05) is 0 Å². The van der Waals surface area contributed by atoms with Gasteiger partial charge in [0.05, 0.1) is 34.0 Å². The predicted molar refractivity (Wildman–Crippen MR) is 77.0 cm³/mol. The predicted octanol–water partition coefficient (Wildman–Crippen LogP) is 1.54. The quantitative estimate of drug-likeness (QED) is 0.828. The number of hydrogen-bond acceptors (Lipinski definition) is 5. The van der Waals surface area contributed by atoms with Gasteiger partial charge in [0.2, 0.25) is 0 Å². The maximum atomic E-state index is 11.6. The molecule has 8 heteroatoms. The third kappa shape index (κ3) is 3.54. The molecule has 2 rings (SSSR count). The number of hydrogen-bond donors (Lipinski definition) is 1. The molecule has 6 nitrogen and oxygen atoms in total. The van der Waals surface area contributed by atoms with Crippen LogP contribution in [0.2, 0.25) is 0 Å². The van der Waals surface area contributed by atoms with Crippen LogP contribution in [0.1, 0.15) is 37.9 Å². The summed E-state index contributed by atoms with van der Waals surface area (Å²) in [6, 6.07) is 1.69. The van der Waals surface area contributed by atoms with Crippen molar-refractivity contribution in [3.63, 3.8) is 0 Å². The minimum Gasteiger partial charge on any atom is -0.481 e. The Kier molecular flexibility index (Phi) is 4.43. The Labute approximate surface area is 122 Å². The lowest BCUT2D eigenvalue weighted by Crippen LogP contribution is -2.14. The third-order valence-corrected chi connectivity index (χ3v) is 5.95. The van der Waals surface area contributed by atoms with E-state index in [0.717, 1.165) is 10.7 Å². The van der Waals surface area contributed by atoms with Crippen molar-refractivity contribution in [2.24, 2.45) is 0 Å². The number of carboxylic acid groups (broad SMARTS) is 1. The molecule has 1 aromatic heterocycles. The smallest absolute Gasteiger partial charge is 0.313 e. The topological polar surface area (TPSA) is 89.3 Å². The van der Waals surface area contributed by atoms with E-state index < -0.39 is 15.8 Å². The zero-order chi connectivity index (χ0) is 14.9. The number of aliphatic carboxylic acids is 1. The molecular weight excluding hydrogens is 300 g/mol. The molecule has 1 fully saturated rings. The zero-order valence-electron chi connectivity index (χ0n) is 11.4. The summed E-state index contributed by atoms with van der Waals surface area (Å²) in [5.74, 6) is -0.459. The Hall–Kier alpha value is -1.02. The van der Waals surface area contributed by atoms with Gasteiger partial charge in [0.15, 0.2) is 9.84 Å². The molecule has 0 bridgehead atoms. The molecule has 0 radical (unpaired) electrons. The summed E-state index contributed by atoms with van der Waals surface area (Å²) in [6.45, 7) is 4.01. The highest BCUT2D eigenvalue weighted by molar-refractivity contribution is 7.99. The summed E-state index contributed by atoms with van der Waals surface area (Å²) >= 11 is 1.19. The standard InChI is InChI=1S/C12H18N2O4S2/c1-8(2)10-5-11(19-6-12(15)16)14(13-10)9-3-4-20(17,18)7-9/h5,8-9H,3-4,6-7H2,1-2H3,(H,15,16). The average molecular weight is 318 g/mol. The highest BCUT2D eigenvalue weighted by Crippen LogP contribution is 2.31. The van der Waals surface area contributed by atoms with Crippen LogP contribution in [-0.4, -0.2) is 46.5 Å². The summed E-state index contributed by atoms with van der Waals surface area (Å²) in [4.78, 5) is 10.7. The molecule has 0 aliphatic carbocycles. The van der Waals surface area contributed by atoms with Crippen LogP contribution in [0, 0.1) is 0 Å². The van der Waals surface area contributed by atoms with E-state index in [0.29, 0.717) is 6.42 Å². The van der Waals surface area contributed by atoms with Crippen LogP contribution < -0.4 is 0 Å². The molecule has 1 atom stereocenters. The van der Waals surface area contributed by atoms with Crippen molar-refractivity contribution >= 4 is 27.6 Å². The Morgan fingerprint density at radius 2 is 2.30 bits per heavy atom. The van der Waals surface area contributed by atoms with Gasteiger partial charge in [-0.25, -0.2) is 8.42 Å². The molecule has 1 aliphatic heterocycles. The van der Waals surface area contributed by atoms with Gasteiger partial charge >= 0.3 is 5.97 Å². The second kappa shape index (κ2) is 5.77. The largest absolute Gasteiger partial charge is 0.481 e. The lowest BCUT2D eigenvalue weighted by molar-refractivity contribution is -0.133. The van der Waals surface area contributed by atoms with Gasteiger partial charge in [-0.05, 0) is 18.4 Å². The van der Waals surface area contributed by atoms with Crippen LogP contribution in [0.15, 0.2) is 11.1 Å². The monoisotopic (exact) mass is 318 g/mol. The first-order valence-electron chi connectivity index (χ1n) is 6.43. The maximum Gasteiger partial charge on any atom is 0.313 e. The molecule has 112 valence electrons. The van der Waals surface area contributed by atoms with Gasteiger partial charge in [-0.2, -0.15) is 5.10 Å². The van der Waals surface area contributed by atoms with E-state index in [4.69, 9.17) is 5.11 Å². The van der Waals surface area contributed by atoms with E-state index in [-0.39, 0.29) is 29.2 Å². The van der Waals surface area contributed by atoms with Crippen molar-refractivity contribution in [3.05, 3.63) is 11.8 Å². The van der Waals surface area contributed by atoms with E-state index in [2.05, 4.69) is 5.10 Å². The van der Waals surface area contributed by atoms with Gasteiger partial charge < -0.3 is 5.11 Å². The lowest BCUT2D eigenvalue weighted by Gasteiger charge is -2.12.